The van der Waals surface area contributed by atoms with Gasteiger partial charge in [-0.25, -0.2) is 0 Å². The number of benzene rings is 1. The summed E-state index contributed by atoms with van der Waals surface area (Å²) in [5.41, 5.74) is 0. The van der Waals surface area contributed by atoms with E-state index in [-0.39, 0.29) is 0 Å². The minimum atomic E-state index is 0.409. The summed E-state index contributed by atoms with van der Waals surface area (Å²) >= 11 is 1.76. The van der Waals surface area contributed by atoms with E-state index < -0.39 is 0 Å². The van der Waals surface area contributed by atoms with Gasteiger partial charge in [-0.15, -0.1) is 11.8 Å². The Hall–Kier alpha value is -0.670. The molecular formula is C12H17NOS. The van der Waals surface area contributed by atoms with Crippen LogP contribution in [0.15, 0.2) is 29.2 Å². The monoisotopic (exact) mass is 223 g/mol. The molecule has 1 unspecified atom stereocenters. The molecule has 3 heteroatoms. The van der Waals surface area contributed by atoms with Gasteiger partial charge in [-0.3, -0.25) is 0 Å². The fourth-order valence-electron chi connectivity index (χ4n) is 1.85. The maximum Gasteiger partial charge on any atom is 0.129 e. The molecule has 1 saturated heterocycles. The summed E-state index contributed by atoms with van der Waals surface area (Å²) in [7, 11) is 0. The first kappa shape index (κ1) is 10.8. The number of rotatable bonds is 3. The van der Waals surface area contributed by atoms with Crippen LogP contribution in [0.25, 0.3) is 0 Å². The molecular weight excluding hydrogens is 206 g/mol. The highest BCUT2D eigenvalue weighted by molar-refractivity contribution is 7.99. The van der Waals surface area contributed by atoms with E-state index in [4.69, 9.17) is 0 Å². The Balaban J connectivity index is 1.84. The second kappa shape index (κ2) is 5.42. The molecule has 2 nitrogen and oxygen atoms in total. The predicted octanol–water partition coefficient (Wildman–Crippen LogP) is 2.48. The fraction of sp³-hybridized carbons (Fsp3) is 0.500. The molecule has 0 aromatic heterocycles. The molecule has 2 N–H and O–H groups in total. The molecule has 0 amide bonds. The smallest absolute Gasteiger partial charge is 0.129 e. The van der Waals surface area contributed by atoms with Gasteiger partial charge < -0.3 is 10.4 Å². The average Bonchev–Trinajstić information content (AvgIpc) is 2.29. The third-order valence-corrected chi connectivity index (χ3v) is 4.03. The first-order valence-electron chi connectivity index (χ1n) is 5.48. The third kappa shape index (κ3) is 3.14. The van der Waals surface area contributed by atoms with Crippen LogP contribution in [-0.2, 0) is 0 Å². The molecule has 82 valence electrons. The number of hydrogen-bond acceptors (Lipinski definition) is 3. The van der Waals surface area contributed by atoms with E-state index in [1.165, 1.54) is 12.8 Å². The molecule has 1 aliphatic rings. The lowest BCUT2D eigenvalue weighted by Gasteiger charge is -2.22. The number of aromatic hydroxyl groups is 1. The van der Waals surface area contributed by atoms with E-state index in [1.807, 2.05) is 18.2 Å². The molecule has 0 aliphatic carbocycles. The van der Waals surface area contributed by atoms with E-state index in [0.29, 0.717) is 5.75 Å². The zero-order chi connectivity index (χ0) is 10.5. The Labute approximate surface area is 95.1 Å². The third-order valence-electron chi connectivity index (χ3n) is 2.74. The number of para-hydroxylation sites is 1. The van der Waals surface area contributed by atoms with Crippen molar-refractivity contribution in [3.05, 3.63) is 24.3 Å². The van der Waals surface area contributed by atoms with Crippen LogP contribution < -0.4 is 5.32 Å². The van der Waals surface area contributed by atoms with Gasteiger partial charge in [0.15, 0.2) is 0 Å². The Kier molecular flexibility index (Phi) is 3.92. The Bertz CT molecular complexity index is 310. The number of phenols is 1. The Morgan fingerprint density at radius 2 is 2.27 bits per heavy atom. The molecule has 1 aromatic carbocycles. The maximum absolute atomic E-state index is 9.60. The molecule has 0 saturated carbocycles. The van der Waals surface area contributed by atoms with Crippen molar-refractivity contribution in [1.29, 1.82) is 0 Å². The normalized spacial score (nSPS) is 21.5. The van der Waals surface area contributed by atoms with Crippen LogP contribution in [0.5, 0.6) is 5.75 Å². The molecule has 1 atom stereocenters. The van der Waals surface area contributed by atoms with Gasteiger partial charge in [0, 0.05) is 10.6 Å². The van der Waals surface area contributed by atoms with E-state index in [9.17, 15) is 5.11 Å². The van der Waals surface area contributed by atoms with Crippen LogP contribution in [-0.4, -0.2) is 23.9 Å². The van der Waals surface area contributed by atoms with Crippen LogP contribution in [0.2, 0.25) is 0 Å². The van der Waals surface area contributed by atoms with Crippen LogP contribution in [0.4, 0.5) is 0 Å². The van der Waals surface area contributed by atoms with Gasteiger partial charge in [0.2, 0.25) is 0 Å². The van der Waals surface area contributed by atoms with Gasteiger partial charge in [-0.05, 0) is 44.0 Å². The summed E-state index contributed by atoms with van der Waals surface area (Å²) in [6, 6.07) is 7.57. The molecule has 0 bridgehead atoms. The summed E-state index contributed by atoms with van der Waals surface area (Å²) < 4.78 is 0. The molecule has 2 rings (SSSR count). The lowest BCUT2D eigenvalue weighted by molar-refractivity contribution is 0.410. The van der Waals surface area contributed by atoms with Crippen LogP contribution in [0, 0.1) is 5.92 Å². The summed E-state index contributed by atoms with van der Waals surface area (Å²) in [5, 5.41) is 13.0. The van der Waals surface area contributed by atoms with Gasteiger partial charge in [0.25, 0.3) is 0 Å². The standard InChI is InChI=1S/C12H17NOS/c14-11-5-1-2-6-12(11)15-9-10-4-3-7-13-8-10/h1-2,5-6,10,13-14H,3-4,7-9H2. The number of piperidine rings is 1. The molecule has 1 fully saturated rings. The highest BCUT2D eigenvalue weighted by atomic mass is 32.2. The maximum atomic E-state index is 9.60. The quantitative estimate of drug-likeness (QED) is 0.772. The van der Waals surface area contributed by atoms with Crippen LogP contribution in [0.3, 0.4) is 0 Å². The second-order valence-corrected chi connectivity index (χ2v) is 5.05. The predicted molar refractivity (Wildman–Crippen MR) is 64.4 cm³/mol. The zero-order valence-corrected chi connectivity index (χ0v) is 9.59. The molecule has 1 aromatic rings. The average molecular weight is 223 g/mol. The highest BCUT2D eigenvalue weighted by Crippen LogP contribution is 2.30. The SMILES string of the molecule is Oc1ccccc1SCC1CCCNC1. The number of phenolic OH excluding ortho intramolecular Hbond substituents is 1. The number of thioether (sulfide) groups is 1. The van der Waals surface area contributed by atoms with Crippen molar-refractivity contribution in [2.45, 2.75) is 17.7 Å². The first-order valence-corrected chi connectivity index (χ1v) is 6.46. The molecule has 1 heterocycles. The van der Waals surface area contributed by atoms with Gasteiger partial charge in [-0.1, -0.05) is 12.1 Å². The molecule has 15 heavy (non-hydrogen) atoms. The summed E-state index contributed by atoms with van der Waals surface area (Å²) in [6.07, 6.45) is 2.60. The fourth-order valence-corrected chi connectivity index (χ4v) is 2.94. The van der Waals surface area contributed by atoms with Gasteiger partial charge >= 0.3 is 0 Å². The van der Waals surface area contributed by atoms with Crippen molar-refractivity contribution in [2.75, 3.05) is 18.8 Å². The largest absolute Gasteiger partial charge is 0.507 e. The van der Waals surface area contributed by atoms with Crippen molar-refractivity contribution in [1.82, 2.24) is 5.32 Å². The minimum Gasteiger partial charge on any atom is -0.507 e. The molecule has 0 radical (unpaired) electrons. The van der Waals surface area contributed by atoms with Crippen molar-refractivity contribution < 1.29 is 5.11 Å². The lowest BCUT2D eigenvalue weighted by Crippen LogP contribution is -2.30. The van der Waals surface area contributed by atoms with Crippen molar-refractivity contribution in [3.8, 4) is 5.75 Å². The molecule has 1 aliphatic heterocycles. The van der Waals surface area contributed by atoms with Crippen molar-refractivity contribution in [3.63, 3.8) is 0 Å². The van der Waals surface area contributed by atoms with E-state index in [0.717, 1.165) is 29.7 Å². The first-order chi connectivity index (χ1) is 7.36. The lowest BCUT2D eigenvalue weighted by atomic mass is 10.0. The van der Waals surface area contributed by atoms with E-state index in [1.54, 1.807) is 17.8 Å². The van der Waals surface area contributed by atoms with E-state index in [2.05, 4.69) is 5.32 Å². The Morgan fingerprint density at radius 3 is 3.00 bits per heavy atom. The number of nitrogens with one attached hydrogen (secondary N) is 1. The van der Waals surface area contributed by atoms with Gasteiger partial charge in [0.05, 0.1) is 0 Å². The second-order valence-electron chi connectivity index (χ2n) is 3.99. The van der Waals surface area contributed by atoms with Gasteiger partial charge in [0.1, 0.15) is 5.75 Å². The topological polar surface area (TPSA) is 32.3 Å². The van der Waals surface area contributed by atoms with Crippen molar-refractivity contribution >= 4 is 11.8 Å². The van der Waals surface area contributed by atoms with E-state index >= 15 is 0 Å². The van der Waals surface area contributed by atoms with Crippen LogP contribution in [0.1, 0.15) is 12.8 Å². The highest BCUT2D eigenvalue weighted by Gasteiger charge is 2.13. The summed E-state index contributed by atoms with van der Waals surface area (Å²) in [6.45, 7) is 2.29. The van der Waals surface area contributed by atoms with Crippen LogP contribution >= 0.6 is 11.8 Å². The van der Waals surface area contributed by atoms with Gasteiger partial charge in [-0.2, -0.15) is 0 Å². The minimum absolute atomic E-state index is 0.409. The number of hydrogen-bond donors (Lipinski definition) is 2. The van der Waals surface area contributed by atoms with Crippen molar-refractivity contribution in [2.24, 2.45) is 5.92 Å². The summed E-state index contributed by atoms with van der Waals surface area (Å²) in [5.74, 6) is 2.26. The summed E-state index contributed by atoms with van der Waals surface area (Å²) in [4.78, 5) is 1.00. The Morgan fingerprint density at radius 1 is 1.40 bits per heavy atom. The zero-order valence-electron chi connectivity index (χ0n) is 8.78. The molecule has 0 spiro atoms.